The molecule has 16 heavy (non-hydrogen) atoms. The van der Waals surface area contributed by atoms with Gasteiger partial charge in [-0.3, -0.25) is 0 Å². The van der Waals surface area contributed by atoms with Crippen molar-refractivity contribution in [3.8, 4) is 0 Å². The molecule has 2 heteroatoms. The van der Waals surface area contributed by atoms with Crippen LogP contribution in [0.1, 0.15) is 51.9 Å². The van der Waals surface area contributed by atoms with E-state index in [4.69, 9.17) is 0 Å². The topological polar surface area (TPSA) is 15.3 Å². The Labute approximate surface area is 102 Å². The molecule has 0 radical (unpaired) electrons. The minimum Gasteiger partial charge on any atom is -0.314 e. The van der Waals surface area contributed by atoms with Gasteiger partial charge in [-0.2, -0.15) is 0 Å². The highest BCUT2D eigenvalue weighted by Crippen LogP contribution is 2.26. The molecule has 0 amide bonds. The first-order chi connectivity index (χ1) is 7.70. The van der Waals surface area contributed by atoms with E-state index in [1.807, 2.05) is 0 Å². The first-order valence-electron chi connectivity index (χ1n) is 7.08. The minimum atomic E-state index is 0.736. The average molecular weight is 226 g/mol. The molecule has 1 unspecified atom stereocenters. The summed E-state index contributed by atoms with van der Waals surface area (Å²) in [5.41, 5.74) is 0. The largest absolute Gasteiger partial charge is 0.314 e. The van der Waals surface area contributed by atoms with Gasteiger partial charge in [-0.15, -0.1) is 0 Å². The summed E-state index contributed by atoms with van der Waals surface area (Å²) in [6, 6.07) is 0.736. The van der Waals surface area contributed by atoms with Gasteiger partial charge >= 0.3 is 0 Å². The molecule has 0 bridgehead atoms. The van der Waals surface area contributed by atoms with Crippen molar-refractivity contribution in [1.82, 2.24) is 10.2 Å². The molecule has 0 aromatic rings. The molecule has 1 N–H and O–H groups in total. The van der Waals surface area contributed by atoms with Crippen LogP contribution in [-0.4, -0.2) is 38.1 Å². The van der Waals surface area contributed by atoms with Crippen LogP contribution < -0.4 is 5.32 Å². The summed E-state index contributed by atoms with van der Waals surface area (Å²) >= 11 is 0. The monoisotopic (exact) mass is 226 g/mol. The molecule has 1 atom stereocenters. The fourth-order valence-electron chi connectivity index (χ4n) is 2.68. The molecule has 0 aromatic heterocycles. The number of unbranched alkanes of at least 4 members (excludes halogenated alkanes) is 1. The second-order valence-corrected chi connectivity index (χ2v) is 5.65. The van der Waals surface area contributed by atoms with Gasteiger partial charge in [-0.05, 0) is 65.7 Å². The van der Waals surface area contributed by atoms with Crippen LogP contribution in [0.2, 0.25) is 0 Å². The van der Waals surface area contributed by atoms with Gasteiger partial charge in [0.1, 0.15) is 0 Å². The third-order valence-electron chi connectivity index (χ3n) is 3.86. The molecule has 0 spiro atoms. The fraction of sp³-hybridized carbons (Fsp3) is 1.00. The van der Waals surface area contributed by atoms with Gasteiger partial charge in [0.2, 0.25) is 0 Å². The third-order valence-corrected chi connectivity index (χ3v) is 3.86. The molecule has 0 heterocycles. The SMILES string of the molecule is CC(NCCCCN(C)C)C1CCCCC1. The summed E-state index contributed by atoms with van der Waals surface area (Å²) in [4.78, 5) is 2.27. The standard InChI is InChI=1S/C14H30N2/c1-13(14-9-5-4-6-10-14)15-11-7-8-12-16(2)3/h13-15H,4-12H2,1-3H3. The third kappa shape index (κ3) is 5.86. The van der Waals surface area contributed by atoms with E-state index in [-0.39, 0.29) is 0 Å². The van der Waals surface area contributed by atoms with E-state index in [1.54, 1.807) is 0 Å². The van der Waals surface area contributed by atoms with Crippen molar-refractivity contribution in [1.29, 1.82) is 0 Å². The maximum absolute atomic E-state index is 3.71. The lowest BCUT2D eigenvalue weighted by Gasteiger charge is -2.28. The molecule has 0 saturated heterocycles. The molecule has 1 fully saturated rings. The molecule has 1 saturated carbocycles. The van der Waals surface area contributed by atoms with Crippen LogP contribution >= 0.6 is 0 Å². The van der Waals surface area contributed by atoms with Gasteiger partial charge < -0.3 is 10.2 Å². The van der Waals surface area contributed by atoms with Gasteiger partial charge in [-0.1, -0.05) is 19.3 Å². The Morgan fingerprint density at radius 3 is 2.44 bits per heavy atom. The van der Waals surface area contributed by atoms with E-state index in [0.717, 1.165) is 12.0 Å². The van der Waals surface area contributed by atoms with Crippen LogP contribution in [0.5, 0.6) is 0 Å². The number of nitrogens with one attached hydrogen (secondary N) is 1. The van der Waals surface area contributed by atoms with Crippen molar-refractivity contribution in [2.24, 2.45) is 5.92 Å². The second kappa shape index (κ2) is 8.08. The molecule has 0 aromatic carbocycles. The Bertz CT molecular complexity index is 162. The minimum absolute atomic E-state index is 0.736. The van der Waals surface area contributed by atoms with Crippen LogP contribution in [0, 0.1) is 5.92 Å². The van der Waals surface area contributed by atoms with Crippen molar-refractivity contribution in [2.75, 3.05) is 27.2 Å². The molecular weight excluding hydrogens is 196 g/mol. The summed E-state index contributed by atoms with van der Waals surface area (Å²) in [6.45, 7) is 4.80. The van der Waals surface area contributed by atoms with E-state index in [0.29, 0.717) is 0 Å². The highest BCUT2D eigenvalue weighted by molar-refractivity contribution is 4.75. The van der Waals surface area contributed by atoms with Crippen molar-refractivity contribution in [2.45, 2.75) is 57.9 Å². The maximum Gasteiger partial charge on any atom is 0.00669 e. The number of hydrogen-bond donors (Lipinski definition) is 1. The first kappa shape index (κ1) is 14.0. The molecule has 0 aliphatic heterocycles. The van der Waals surface area contributed by atoms with Gasteiger partial charge in [-0.25, -0.2) is 0 Å². The number of hydrogen-bond acceptors (Lipinski definition) is 2. The molecule has 1 aliphatic carbocycles. The fourth-order valence-corrected chi connectivity index (χ4v) is 2.68. The Hall–Kier alpha value is -0.0800. The van der Waals surface area contributed by atoms with E-state index in [1.165, 1.54) is 58.0 Å². The zero-order valence-electron chi connectivity index (χ0n) is 11.5. The van der Waals surface area contributed by atoms with Crippen LogP contribution in [0.3, 0.4) is 0 Å². The Balaban J connectivity index is 1.98. The Kier molecular flexibility index (Phi) is 7.06. The van der Waals surface area contributed by atoms with Crippen LogP contribution in [-0.2, 0) is 0 Å². The van der Waals surface area contributed by atoms with Crippen molar-refractivity contribution < 1.29 is 0 Å². The van der Waals surface area contributed by atoms with Crippen molar-refractivity contribution in [3.05, 3.63) is 0 Å². The predicted molar refractivity (Wildman–Crippen MR) is 71.8 cm³/mol. The normalized spacial score (nSPS) is 20.2. The van der Waals surface area contributed by atoms with Crippen molar-refractivity contribution >= 4 is 0 Å². The predicted octanol–water partition coefficient (Wildman–Crippen LogP) is 2.89. The summed E-state index contributed by atoms with van der Waals surface area (Å²) in [5, 5.41) is 3.71. The summed E-state index contributed by atoms with van der Waals surface area (Å²) < 4.78 is 0. The van der Waals surface area contributed by atoms with E-state index in [9.17, 15) is 0 Å². The van der Waals surface area contributed by atoms with Gasteiger partial charge in [0, 0.05) is 6.04 Å². The highest BCUT2D eigenvalue weighted by Gasteiger charge is 2.18. The summed E-state index contributed by atoms with van der Waals surface area (Å²) in [6.07, 6.45) is 9.91. The van der Waals surface area contributed by atoms with Gasteiger partial charge in [0.05, 0.1) is 0 Å². The molecule has 1 aliphatic rings. The zero-order valence-corrected chi connectivity index (χ0v) is 11.5. The lowest BCUT2D eigenvalue weighted by molar-refractivity contribution is 0.279. The maximum atomic E-state index is 3.71. The zero-order chi connectivity index (χ0) is 11.8. The van der Waals surface area contributed by atoms with E-state index in [2.05, 4.69) is 31.2 Å². The molecular formula is C14H30N2. The Morgan fingerprint density at radius 1 is 1.12 bits per heavy atom. The lowest BCUT2D eigenvalue weighted by atomic mass is 9.84. The van der Waals surface area contributed by atoms with E-state index >= 15 is 0 Å². The number of rotatable bonds is 7. The molecule has 1 rings (SSSR count). The molecule has 2 nitrogen and oxygen atoms in total. The quantitative estimate of drug-likeness (QED) is 0.672. The van der Waals surface area contributed by atoms with Gasteiger partial charge in [0.15, 0.2) is 0 Å². The van der Waals surface area contributed by atoms with Crippen LogP contribution in [0.15, 0.2) is 0 Å². The van der Waals surface area contributed by atoms with Crippen molar-refractivity contribution in [3.63, 3.8) is 0 Å². The van der Waals surface area contributed by atoms with E-state index < -0.39 is 0 Å². The smallest absolute Gasteiger partial charge is 0.00669 e. The van der Waals surface area contributed by atoms with Crippen LogP contribution in [0.4, 0.5) is 0 Å². The Morgan fingerprint density at radius 2 is 1.81 bits per heavy atom. The van der Waals surface area contributed by atoms with Crippen LogP contribution in [0.25, 0.3) is 0 Å². The molecule has 96 valence electrons. The second-order valence-electron chi connectivity index (χ2n) is 5.65. The van der Waals surface area contributed by atoms with Gasteiger partial charge in [0.25, 0.3) is 0 Å². The lowest BCUT2D eigenvalue weighted by Crippen LogP contribution is -2.35. The summed E-state index contributed by atoms with van der Waals surface area (Å²) in [7, 11) is 4.30. The first-order valence-corrected chi connectivity index (χ1v) is 7.08. The highest BCUT2D eigenvalue weighted by atomic mass is 15.0. The summed E-state index contributed by atoms with van der Waals surface area (Å²) in [5.74, 6) is 0.947. The number of nitrogens with zero attached hydrogens (tertiary/aromatic N) is 1. The average Bonchev–Trinajstić information content (AvgIpc) is 2.29.